The van der Waals surface area contributed by atoms with E-state index in [0.717, 1.165) is 11.1 Å². The number of hydrogen-bond donors (Lipinski definition) is 2. The monoisotopic (exact) mass is 452 g/mol. The summed E-state index contributed by atoms with van der Waals surface area (Å²) in [5, 5.41) is 3.63. The fraction of sp³-hybridized carbons (Fsp3) is 0.417. The van der Waals surface area contributed by atoms with Crippen molar-refractivity contribution in [3.8, 4) is 0 Å². The number of nitrogens with one attached hydrogen (secondary N) is 2. The first-order valence-corrected chi connectivity index (χ1v) is 10.6. The smallest absolute Gasteiger partial charge is 0.351 e. The second kappa shape index (κ2) is 12.2. The van der Waals surface area contributed by atoms with Crippen molar-refractivity contribution in [1.29, 1.82) is 0 Å². The molecule has 2 amide bonds. The lowest BCUT2D eigenvalue weighted by Gasteiger charge is -2.24. The van der Waals surface area contributed by atoms with E-state index in [1.807, 2.05) is 71.3 Å². The highest BCUT2D eigenvalue weighted by Crippen LogP contribution is 2.34. The molecule has 0 aromatic heterocycles. The van der Waals surface area contributed by atoms with Gasteiger partial charge in [-0.3, -0.25) is 9.59 Å². The first-order chi connectivity index (χ1) is 15.2. The molecule has 0 aliphatic rings. The molecule has 2 rings (SSSR count). The van der Waals surface area contributed by atoms with Gasteiger partial charge in [0.05, 0.1) is 0 Å². The highest BCUT2D eigenvalue weighted by molar-refractivity contribution is 5.95. The van der Waals surface area contributed by atoms with Gasteiger partial charge in [-0.1, -0.05) is 60.7 Å². The Hall–Kier alpha value is -2.90. The van der Waals surface area contributed by atoms with Crippen LogP contribution in [0.15, 0.2) is 60.7 Å². The molecule has 0 unspecified atom stereocenters. The molecule has 0 atom stereocenters. The van der Waals surface area contributed by atoms with Crippen molar-refractivity contribution in [2.45, 2.75) is 50.4 Å². The summed E-state index contributed by atoms with van der Waals surface area (Å²) in [6.45, 7) is -0.364. The quantitative estimate of drug-likeness (QED) is 0.346. The van der Waals surface area contributed by atoms with Crippen LogP contribution in [0.2, 0.25) is 0 Å². The molecular formula is C24H28F4N2O2. The number of aryl methyl sites for hydroxylation is 2. The van der Waals surface area contributed by atoms with E-state index in [9.17, 15) is 27.2 Å². The van der Waals surface area contributed by atoms with Gasteiger partial charge in [-0.2, -0.15) is 17.6 Å². The number of benzene rings is 2. The molecule has 0 radical (unpaired) electrons. The van der Waals surface area contributed by atoms with Crippen LogP contribution >= 0.6 is 0 Å². The van der Waals surface area contributed by atoms with E-state index in [-0.39, 0.29) is 13.1 Å². The zero-order valence-corrected chi connectivity index (χ0v) is 17.8. The van der Waals surface area contributed by atoms with Crippen LogP contribution in [0.4, 0.5) is 17.6 Å². The Bertz CT molecular complexity index is 774. The maximum atomic E-state index is 14.0. The molecule has 0 aliphatic carbocycles. The molecule has 2 aromatic carbocycles. The minimum atomic E-state index is -5.14. The molecule has 0 saturated heterocycles. The lowest BCUT2D eigenvalue weighted by Crippen LogP contribution is -2.59. The summed E-state index contributed by atoms with van der Waals surface area (Å²) in [4.78, 5) is 23.3. The third-order valence-electron chi connectivity index (χ3n) is 5.01. The number of carbonyl (C=O) groups is 2. The summed E-state index contributed by atoms with van der Waals surface area (Å²) >= 11 is 0. The van der Waals surface area contributed by atoms with Crippen molar-refractivity contribution in [1.82, 2.24) is 10.6 Å². The van der Waals surface area contributed by atoms with Crippen LogP contribution in [-0.2, 0) is 22.4 Å². The van der Waals surface area contributed by atoms with Crippen LogP contribution in [0.5, 0.6) is 0 Å². The fourth-order valence-electron chi connectivity index (χ4n) is 3.11. The van der Waals surface area contributed by atoms with Crippen molar-refractivity contribution >= 4 is 11.8 Å². The largest absolute Gasteiger partial charge is 0.395 e. The van der Waals surface area contributed by atoms with Gasteiger partial charge in [0.1, 0.15) is 0 Å². The summed E-state index contributed by atoms with van der Waals surface area (Å²) in [6, 6.07) is 18.9. The van der Waals surface area contributed by atoms with Crippen molar-refractivity contribution in [3.63, 3.8) is 0 Å². The lowest BCUT2D eigenvalue weighted by molar-refractivity contribution is -0.211. The average molecular weight is 452 g/mol. The van der Waals surface area contributed by atoms with E-state index >= 15 is 0 Å². The number of carbonyl (C=O) groups excluding carboxylic acids is 2. The minimum absolute atomic E-state index is 0.182. The van der Waals surface area contributed by atoms with Crippen molar-refractivity contribution < 1.29 is 27.2 Å². The Morgan fingerprint density at radius 2 is 0.938 bits per heavy atom. The summed E-state index contributed by atoms with van der Waals surface area (Å²) in [5.74, 6) is -14.6. The van der Waals surface area contributed by atoms with E-state index in [2.05, 4.69) is 0 Å². The van der Waals surface area contributed by atoms with Crippen LogP contribution in [0.1, 0.15) is 36.8 Å². The van der Waals surface area contributed by atoms with E-state index in [1.165, 1.54) is 0 Å². The van der Waals surface area contributed by atoms with Crippen LogP contribution < -0.4 is 10.6 Å². The number of alkyl halides is 4. The average Bonchev–Trinajstić information content (AvgIpc) is 2.79. The first-order valence-electron chi connectivity index (χ1n) is 10.6. The van der Waals surface area contributed by atoms with Gasteiger partial charge < -0.3 is 10.6 Å². The Balaban J connectivity index is 1.70. The van der Waals surface area contributed by atoms with Gasteiger partial charge in [-0.25, -0.2) is 0 Å². The van der Waals surface area contributed by atoms with E-state index in [0.29, 0.717) is 38.5 Å². The van der Waals surface area contributed by atoms with Crippen LogP contribution in [0.3, 0.4) is 0 Å². The minimum Gasteiger partial charge on any atom is -0.351 e. The highest BCUT2D eigenvalue weighted by atomic mass is 19.3. The van der Waals surface area contributed by atoms with Crippen molar-refractivity contribution in [2.75, 3.05) is 13.1 Å². The SMILES string of the molecule is O=C(NCCCCc1ccccc1)C(F)(F)C(F)(F)C(=O)NCCCCc1ccccc1. The van der Waals surface area contributed by atoms with Gasteiger partial charge in [0.25, 0.3) is 11.8 Å². The predicted molar refractivity (Wildman–Crippen MR) is 115 cm³/mol. The molecule has 0 aliphatic heterocycles. The molecule has 2 aromatic rings. The topological polar surface area (TPSA) is 58.2 Å². The van der Waals surface area contributed by atoms with Gasteiger partial charge in [-0.15, -0.1) is 0 Å². The molecule has 174 valence electrons. The number of rotatable bonds is 13. The molecule has 32 heavy (non-hydrogen) atoms. The normalized spacial score (nSPS) is 11.8. The lowest BCUT2D eigenvalue weighted by atomic mass is 10.1. The molecule has 2 N–H and O–H groups in total. The second-order valence-corrected chi connectivity index (χ2v) is 7.55. The zero-order valence-electron chi connectivity index (χ0n) is 17.8. The van der Waals surface area contributed by atoms with Crippen LogP contribution in [0, 0.1) is 0 Å². The summed E-state index contributed by atoms with van der Waals surface area (Å²) in [6.07, 6.45) is 3.23. The second-order valence-electron chi connectivity index (χ2n) is 7.55. The predicted octanol–water partition coefficient (Wildman–Crippen LogP) is 4.54. The molecule has 8 heteroatoms. The van der Waals surface area contributed by atoms with Crippen molar-refractivity contribution in [2.24, 2.45) is 0 Å². The molecule has 0 bridgehead atoms. The maximum absolute atomic E-state index is 14.0. The maximum Gasteiger partial charge on any atom is 0.395 e. The third kappa shape index (κ3) is 7.35. The Kier molecular flexibility index (Phi) is 9.68. The number of unbranched alkanes of at least 4 members (excludes halogenated alkanes) is 2. The number of halogens is 4. The van der Waals surface area contributed by atoms with Crippen LogP contribution in [-0.4, -0.2) is 36.7 Å². The van der Waals surface area contributed by atoms with Crippen molar-refractivity contribution in [3.05, 3.63) is 71.8 Å². The molecule has 0 saturated carbocycles. The van der Waals surface area contributed by atoms with Gasteiger partial charge >= 0.3 is 11.8 Å². The van der Waals surface area contributed by atoms with Gasteiger partial charge in [0.2, 0.25) is 0 Å². The van der Waals surface area contributed by atoms with E-state index in [4.69, 9.17) is 0 Å². The zero-order chi connectivity index (χ0) is 23.5. The number of amides is 2. The van der Waals surface area contributed by atoms with Gasteiger partial charge in [0, 0.05) is 13.1 Å². The standard InChI is InChI=1S/C24H28F4N2O2/c25-23(26,21(31)29-17-9-7-15-19-11-3-1-4-12-19)24(27,28)22(32)30-18-10-8-16-20-13-5-2-6-14-20/h1-6,11-14H,7-10,15-18H2,(H,29,31)(H,30,32). The Morgan fingerprint density at radius 1 is 0.594 bits per heavy atom. The van der Waals surface area contributed by atoms with Crippen LogP contribution in [0.25, 0.3) is 0 Å². The third-order valence-corrected chi connectivity index (χ3v) is 5.01. The molecule has 0 fully saturated rings. The Morgan fingerprint density at radius 3 is 1.28 bits per heavy atom. The molecule has 4 nitrogen and oxygen atoms in total. The number of hydrogen-bond acceptors (Lipinski definition) is 2. The molecular weight excluding hydrogens is 424 g/mol. The summed E-state index contributed by atoms with van der Waals surface area (Å²) < 4.78 is 56.0. The van der Waals surface area contributed by atoms with E-state index < -0.39 is 23.7 Å². The Labute approximate surface area is 185 Å². The summed E-state index contributed by atoms with van der Waals surface area (Å²) in [5.41, 5.74) is 2.10. The fourth-order valence-corrected chi connectivity index (χ4v) is 3.11. The van der Waals surface area contributed by atoms with E-state index in [1.54, 1.807) is 0 Å². The first kappa shape index (κ1) is 25.4. The summed E-state index contributed by atoms with van der Waals surface area (Å²) in [7, 11) is 0. The molecule has 0 heterocycles. The highest BCUT2D eigenvalue weighted by Gasteiger charge is 2.66. The van der Waals surface area contributed by atoms with Gasteiger partial charge in [-0.05, 0) is 49.7 Å². The van der Waals surface area contributed by atoms with Gasteiger partial charge in [0.15, 0.2) is 0 Å². The molecule has 0 spiro atoms.